The minimum absolute atomic E-state index is 0.325. The fourth-order valence-corrected chi connectivity index (χ4v) is 0.940. The van der Waals surface area contributed by atoms with Crippen molar-refractivity contribution in [2.24, 2.45) is 0 Å². The van der Waals surface area contributed by atoms with E-state index in [-0.39, 0.29) is 0 Å². The molecule has 0 radical (unpaired) electrons. The van der Waals surface area contributed by atoms with Gasteiger partial charge >= 0.3 is 0 Å². The van der Waals surface area contributed by atoms with Crippen molar-refractivity contribution < 1.29 is 4.74 Å². The molecule has 0 aliphatic carbocycles. The Morgan fingerprint density at radius 3 is 2.79 bits per heavy atom. The Labute approximate surface area is 80.6 Å². The maximum absolute atomic E-state index is 5.44. The number of nitrogen functional groups attached to an aromatic ring is 1. The topological polar surface area (TPSA) is 73.9 Å². The number of pyridine rings is 1. The molecule has 0 unspecified atom stereocenters. The number of aromatic nitrogens is 3. The lowest BCUT2D eigenvalue weighted by Crippen LogP contribution is -1.94. The van der Waals surface area contributed by atoms with Crippen LogP contribution in [-0.2, 0) is 0 Å². The zero-order chi connectivity index (χ0) is 9.80. The van der Waals surface area contributed by atoms with Gasteiger partial charge < -0.3 is 10.5 Å². The first-order valence-electron chi connectivity index (χ1n) is 4.00. The average Bonchev–Trinajstić information content (AvgIpc) is 2.19. The van der Waals surface area contributed by atoms with E-state index in [0.717, 1.165) is 0 Å². The molecule has 0 spiro atoms. The van der Waals surface area contributed by atoms with Crippen LogP contribution in [0.15, 0.2) is 36.9 Å². The van der Waals surface area contributed by atoms with Gasteiger partial charge in [-0.25, -0.2) is 0 Å². The van der Waals surface area contributed by atoms with Crippen LogP contribution in [0.2, 0.25) is 0 Å². The largest absolute Gasteiger partial charge is 0.436 e. The molecule has 0 amide bonds. The van der Waals surface area contributed by atoms with Crippen LogP contribution < -0.4 is 10.5 Å². The van der Waals surface area contributed by atoms with Gasteiger partial charge in [0.25, 0.3) is 0 Å². The molecule has 0 aliphatic rings. The third-order valence-corrected chi connectivity index (χ3v) is 1.49. The first kappa shape index (κ1) is 8.43. The normalized spacial score (nSPS) is 9.71. The van der Waals surface area contributed by atoms with Crippen LogP contribution in [0.3, 0.4) is 0 Å². The number of hydrogen-bond acceptors (Lipinski definition) is 5. The minimum atomic E-state index is 0.325. The summed E-state index contributed by atoms with van der Waals surface area (Å²) in [5, 5.41) is 0. The number of nitrogens with zero attached hydrogens (tertiary/aromatic N) is 3. The third kappa shape index (κ3) is 1.95. The van der Waals surface area contributed by atoms with Gasteiger partial charge in [-0.15, -0.1) is 0 Å². The van der Waals surface area contributed by atoms with E-state index in [1.54, 1.807) is 24.5 Å². The van der Waals surface area contributed by atoms with Crippen LogP contribution in [0, 0.1) is 0 Å². The SMILES string of the molecule is Nc1cncc(Oc2cccnc2)n1. The zero-order valence-electron chi connectivity index (χ0n) is 7.29. The Hall–Kier alpha value is -2.17. The van der Waals surface area contributed by atoms with Gasteiger partial charge in [0, 0.05) is 6.20 Å². The summed E-state index contributed by atoms with van der Waals surface area (Å²) in [6.45, 7) is 0. The van der Waals surface area contributed by atoms with Crippen LogP contribution >= 0.6 is 0 Å². The molecule has 0 atom stereocenters. The van der Waals surface area contributed by atoms with E-state index in [9.17, 15) is 0 Å². The number of nitrogens with two attached hydrogens (primary N) is 1. The second-order valence-electron chi connectivity index (χ2n) is 2.57. The van der Waals surface area contributed by atoms with Crippen LogP contribution in [0.4, 0.5) is 5.82 Å². The second-order valence-corrected chi connectivity index (χ2v) is 2.57. The number of hydrogen-bond donors (Lipinski definition) is 1. The summed E-state index contributed by atoms with van der Waals surface area (Å²) in [7, 11) is 0. The van der Waals surface area contributed by atoms with E-state index in [1.165, 1.54) is 12.4 Å². The third-order valence-electron chi connectivity index (χ3n) is 1.49. The maximum Gasteiger partial charge on any atom is 0.239 e. The lowest BCUT2D eigenvalue weighted by Gasteiger charge is -2.02. The van der Waals surface area contributed by atoms with E-state index in [0.29, 0.717) is 17.4 Å². The summed E-state index contributed by atoms with van der Waals surface area (Å²) in [4.78, 5) is 11.7. The van der Waals surface area contributed by atoms with Crippen molar-refractivity contribution in [3.8, 4) is 11.6 Å². The van der Waals surface area contributed by atoms with Crippen molar-refractivity contribution in [2.75, 3.05) is 5.73 Å². The van der Waals surface area contributed by atoms with E-state index in [2.05, 4.69) is 15.0 Å². The molecule has 0 saturated heterocycles. The Kier molecular flexibility index (Phi) is 2.22. The summed E-state index contributed by atoms with van der Waals surface area (Å²) in [6.07, 6.45) is 6.20. The number of ether oxygens (including phenoxy) is 1. The molecule has 0 aromatic carbocycles. The predicted molar refractivity (Wildman–Crippen MR) is 50.8 cm³/mol. The summed E-state index contributed by atoms with van der Waals surface area (Å²) in [5.74, 6) is 1.29. The standard InChI is InChI=1S/C9H8N4O/c10-8-5-12-6-9(13-8)14-7-2-1-3-11-4-7/h1-6H,(H2,10,13). The Morgan fingerprint density at radius 2 is 2.07 bits per heavy atom. The first-order valence-corrected chi connectivity index (χ1v) is 4.00. The van der Waals surface area contributed by atoms with Gasteiger partial charge in [0.15, 0.2) is 0 Å². The lowest BCUT2D eigenvalue weighted by atomic mass is 10.5. The highest BCUT2D eigenvalue weighted by Gasteiger charge is 1.98. The zero-order valence-corrected chi connectivity index (χ0v) is 7.29. The van der Waals surface area contributed by atoms with E-state index in [4.69, 9.17) is 10.5 Å². The van der Waals surface area contributed by atoms with Crippen molar-refractivity contribution in [2.45, 2.75) is 0 Å². The molecular weight excluding hydrogens is 180 g/mol. The molecule has 14 heavy (non-hydrogen) atoms. The highest BCUT2D eigenvalue weighted by atomic mass is 16.5. The molecule has 0 fully saturated rings. The minimum Gasteiger partial charge on any atom is -0.436 e. The Balaban J connectivity index is 2.19. The summed E-state index contributed by atoms with van der Waals surface area (Å²) in [5.41, 5.74) is 5.44. The molecule has 70 valence electrons. The molecular formula is C9H8N4O. The first-order chi connectivity index (χ1) is 6.84. The lowest BCUT2D eigenvalue weighted by molar-refractivity contribution is 0.459. The quantitative estimate of drug-likeness (QED) is 0.767. The van der Waals surface area contributed by atoms with Crippen LogP contribution in [-0.4, -0.2) is 15.0 Å². The molecule has 2 N–H and O–H groups in total. The second kappa shape index (κ2) is 3.69. The van der Waals surface area contributed by atoms with Crippen LogP contribution in [0.25, 0.3) is 0 Å². The molecule has 2 heterocycles. The molecule has 2 aromatic rings. The Morgan fingerprint density at radius 1 is 1.14 bits per heavy atom. The van der Waals surface area contributed by atoms with Gasteiger partial charge in [-0.1, -0.05) is 0 Å². The predicted octanol–water partition coefficient (Wildman–Crippen LogP) is 1.25. The highest BCUT2D eigenvalue weighted by Crippen LogP contribution is 2.16. The molecule has 2 aromatic heterocycles. The highest BCUT2D eigenvalue weighted by molar-refractivity contribution is 5.29. The molecule has 0 aliphatic heterocycles. The smallest absolute Gasteiger partial charge is 0.239 e. The van der Waals surface area contributed by atoms with Crippen molar-refractivity contribution in [3.63, 3.8) is 0 Å². The Bertz CT molecular complexity index is 418. The molecule has 5 heteroatoms. The molecule has 5 nitrogen and oxygen atoms in total. The van der Waals surface area contributed by atoms with Gasteiger partial charge in [-0.2, -0.15) is 4.98 Å². The van der Waals surface area contributed by atoms with E-state index in [1.807, 2.05) is 0 Å². The summed E-state index contributed by atoms with van der Waals surface area (Å²) < 4.78 is 5.34. The van der Waals surface area contributed by atoms with Gasteiger partial charge in [0.2, 0.25) is 5.88 Å². The summed E-state index contributed by atoms with van der Waals surface area (Å²) in [6, 6.07) is 3.55. The van der Waals surface area contributed by atoms with Gasteiger partial charge in [-0.05, 0) is 12.1 Å². The van der Waals surface area contributed by atoms with Crippen molar-refractivity contribution >= 4 is 5.82 Å². The maximum atomic E-state index is 5.44. The van der Waals surface area contributed by atoms with Gasteiger partial charge in [0.1, 0.15) is 11.6 Å². The molecule has 0 bridgehead atoms. The average molecular weight is 188 g/mol. The van der Waals surface area contributed by atoms with E-state index >= 15 is 0 Å². The van der Waals surface area contributed by atoms with Crippen molar-refractivity contribution in [1.29, 1.82) is 0 Å². The van der Waals surface area contributed by atoms with Gasteiger partial charge in [-0.3, -0.25) is 9.97 Å². The van der Waals surface area contributed by atoms with Crippen LogP contribution in [0.5, 0.6) is 11.6 Å². The number of anilines is 1. The molecule has 0 saturated carbocycles. The fraction of sp³-hybridized carbons (Fsp3) is 0. The van der Waals surface area contributed by atoms with Crippen molar-refractivity contribution in [3.05, 3.63) is 36.9 Å². The monoisotopic (exact) mass is 188 g/mol. The van der Waals surface area contributed by atoms with Crippen molar-refractivity contribution in [1.82, 2.24) is 15.0 Å². The summed E-state index contributed by atoms with van der Waals surface area (Å²) >= 11 is 0. The van der Waals surface area contributed by atoms with Gasteiger partial charge in [0.05, 0.1) is 18.6 Å². The van der Waals surface area contributed by atoms with E-state index < -0.39 is 0 Å². The van der Waals surface area contributed by atoms with Crippen LogP contribution in [0.1, 0.15) is 0 Å². The fourth-order valence-electron chi connectivity index (χ4n) is 0.940. The number of rotatable bonds is 2. The molecule has 2 rings (SSSR count).